The maximum Gasteiger partial charge on any atom is 0.249 e. The van der Waals surface area contributed by atoms with Crippen LogP contribution in [0.1, 0.15) is 17.5 Å². The minimum absolute atomic E-state index is 0.346. The van der Waals surface area contributed by atoms with Crippen LogP contribution in [-0.2, 0) is 17.6 Å². The summed E-state index contributed by atoms with van der Waals surface area (Å²) in [5.41, 5.74) is 6.07. The third-order valence-electron chi connectivity index (χ3n) is 2.87. The zero-order chi connectivity index (χ0) is 10.2. The molecule has 2 rings (SSSR count). The Kier molecular flexibility index (Phi) is 2.04. The Morgan fingerprint density at radius 1 is 1.36 bits per heavy atom. The fourth-order valence-corrected chi connectivity index (χ4v) is 1.93. The summed E-state index contributed by atoms with van der Waals surface area (Å²) in [4.78, 5) is 11.1. The van der Waals surface area contributed by atoms with Gasteiger partial charge in [0.1, 0.15) is 5.60 Å². The first-order chi connectivity index (χ1) is 6.62. The summed E-state index contributed by atoms with van der Waals surface area (Å²) >= 11 is 0. The Morgan fingerprint density at radius 3 is 2.64 bits per heavy atom. The number of rotatable bonds is 1. The first-order valence-electron chi connectivity index (χ1n) is 4.71. The molecule has 0 saturated heterocycles. The highest BCUT2D eigenvalue weighted by Crippen LogP contribution is 2.28. The van der Waals surface area contributed by atoms with E-state index in [4.69, 9.17) is 5.73 Å². The molecular formula is C11H13NO2. The fraction of sp³-hybridized carbons (Fsp3) is 0.364. The van der Waals surface area contributed by atoms with Crippen molar-refractivity contribution in [3.63, 3.8) is 0 Å². The summed E-state index contributed by atoms with van der Waals surface area (Å²) in [5, 5.41) is 9.92. The molecule has 74 valence electrons. The molecule has 0 aromatic heterocycles. The molecule has 0 bridgehead atoms. The molecule has 3 N–H and O–H groups in total. The molecule has 1 unspecified atom stereocenters. The SMILES string of the molecule is NC(=O)C1(O)CCc2ccccc2C1. The third-order valence-corrected chi connectivity index (χ3v) is 2.87. The van der Waals surface area contributed by atoms with Gasteiger partial charge < -0.3 is 10.8 Å². The second-order valence-electron chi connectivity index (χ2n) is 3.84. The second-order valence-corrected chi connectivity index (χ2v) is 3.84. The van der Waals surface area contributed by atoms with Gasteiger partial charge in [0.2, 0.25) is 5.91 Å². The topological polar surface area (TPSA) is 63.3 Å². The van der Waals surface area contributed by atoms with Crippen LogP contribution in [0.2, 0.25) is 0 Å². The van der Waals surface area contributed by atoms with Gasteiger partial charge in [-0.3, -0.25) is 4.79 Å². The van der Waals surface area contributed by atoms with E-state index >= 15 is 0 Å². The number of fused-ring (bicyclic) bond motifs is 1. The van der Waals surface area contributed by atoms with Gasteiger partial charge in [-0.05, 0) is 24.0 Å². The summed E-state index contributed by atoms with van der Waals surface area (Å²) in [6, 6.07) is 7.83. The quantitative estimate of drug-likeness (QED) is 0.674. The van der Waals surface area contributed by atoms with Gasteiger partial charge in [0.05, 0.1) is 0 Å². The second kappa shape index (κ2) is 3.10. The lowest BCUT2D eigenvalue weighted by molar-refractivity contribution is -0.137. The number of aryl methyl sites for hydroxylation is 1. The van der Waals surface area contributed by atoms with Crippen LogP contribution in [0.25, 0.3) is 0 Å². The van der Waals surface area contributed by atoms with Crippen molar-refractivity contribution < 1.29 is 9.90 Å². The average molecular weight is 191 g/mol. The maximum atomic E-state index is 11.1. The molecule has 1 aromatic carbocycles. The number of aliphatic hydroxyl groups is 1. The summed E-state index contributed by atoms with van der Waals surface area (Å²) in [5.74, 6) is -0.619. The Labute approximate surface area is 82.5 Å². The monoisotopic (exact) mass is 191 g/mol. The lowest BCUT2D eigenvalue weighted by Gasteiger charge is -2.30. The van der Waals surface area contributed by atoms with Crippen LogP contribution < -0.4 is 5.73 Å². The lowest BCUT2D eigenvalue weighted by Crippen LogP contribution is -2.48. The molecule has 1 amide bonds. The number of amides is 1. The number of carbonyl (C=O) groups is 1. The van der Waals surface area contributed by atoms with Crippen molar-refractivity contribution in [1.29, 1.82) is 0 Å². The van der Waals surface area contributed by atoms with Gasteiger partial charge in [0, 0.05) is 6.42 Å². The van der Waals surface area contributed by atoms with Crippen LogP contribution >= 0.6 is 0 Å². The predicted octanol–water partition coefficient (Wildman–Crippen LogP) is 0.392. The van der Waals surface area contributed by atoms with Gasteiger partial charge in [-0.1, -0.05) is 24.3 Å². The molecule has 0 spiro atoms. The van der Waals surface area contributed by atoms with E-state index in [1.54, 1.807) is 0 Å². The van der Waals surface area contributed by atoms with E-state index in [-0.39, 0.29) is 0 Å². The summed E-state index contributed by atoms with van der Waals surface area (Å²) < 4.78 is 0. The van der Waals surface area contributed by atoms with Crippen LogP contribution in [-0.4, -0.2) is 16.6 Å². The number of hydrogen-bond acceptors (Lipinski definition) is 2. The molecule has 1 atom stereocenters. The van der Waals surface area contributed by atoms with E-state index in [2.05, 4.69) is 0 Å². The smallest absolute Gasteiger partial charge is 0.249 e. The standard InChI is InChI=1S/C11H13NO2/c12-10(13)11(14)6-5-8-3-1-2-4-9(8)7-11/h1-4,14H,5-7H2,(H2,12,13). The van der Waals surface area contributed by atoms with Crippen LogP contribution in [0, 0.1) is 0 Å². The van der Waals surface area contributed by atoms with Crippen molar-refractivity contribution >= 4 is 5.91 Å². The first kappa shape index (κ1) is 9.21. The molecule has 1 aliphatic rings. The van der Waals surface area contributed by atoms with Crippen LogP contribution in [0.4, 0.5) is 0 Å². The Hall–Kier alpha value is -1.35. The normalized spacial score (nSPS) is 25.5. The number of primary amides is 1. The van der Waals surface area contributed by atoms with E-state index < -0.39 is 11.5 Å². The highest BCUT2D eigenvalue weighted by atomic mass is 16.3. The first-order valence-corrected chi connectivity index (χ1v) is 4.71. The maximum absolute atomic E-state index is 11.1. The molecule has 0 saturated carbocycles. The van der Waals surface area contributed by atoms with Gasteiger partial charge in [0.25, 0.3) is 0 Å². The molecular weight excluding hydrogens is 178 g/mol. The summed E-state index contributed by atoms with van der Waals surface area (Å²) in [6.45, 7) is 0. The molecule has 3 heteroatoms. The molecule has 1 aliphatic carbocycles. The van der Waals surface area contributed by atoms with Gasteiger partial charge in [-0.2, -0.15) is 0 Å². The highest BCUT2D eigenvalue weighted by molar-refractivity contribution is 5.84. The van der Waals surface area contributed by atoms with Crippen molar-refractivity contribution in [3.05, 3.63) is 35.4 Å². The number of carbonyl (C=O) groups excluding carboxylic acids is 1. The minimum atomic E-state index is -1.34. The van der Waals surface area contributed by atoms with E-state index in [0.717, 1.165) is 12.0 Å². The Bertz CT molecular complexity index is 375. The largest absolute Gasteiger partial charge is 0.380 e. The van der Waals surface area contributed by atoms with Crippen molar-refractivity contribution in [2.24, 2.45) is 5.73 Å². The average Bonchev–Trinajstić information content (AvgIpc) is 2.17. The van der Waals surface area contributed by atoms with E-state index in [0.29, 0.717) is 12.8 Å². The molecule has 3 nitrogen and oxygen atoms in total. The van der Waals surface area contributed by atoms with Gasteiger partial charge >= 0.3 is 0 Å². The molecule has 0 fully saturated rings. The number of hydrogen-bond donors (Lipinski definition) is 2. The summed E-state index contributed by atoms with van der Waals surface area (Å²) in [7, 11) is 0. The molecule has 14 heavy (non-hydrogen) atoms. The van der Waals surface area contributed by atoms with E-state index in [1.807, 2.05) is 24.3 Å². The van der Waals surface area contributed by atoms with Crippen molar-refractivity contribution in [1.82, 2.24) is 0 Å². The number of nitrogens with two attached hydrogens (primary N) is 1. The van der Waals surface area contributed by atoms with E-state index in [1.165, 1.54) is 5.56 Å². The van der Waals surface area contributed by atoms with Crippen molar-refractivity contribution in [2.45, 2.75) is 24.9 Å². The Balaban J connectivity index is 2.34. The predicted molar refractivity (Wildman–Crippen MR) is 52.6 cm³/mol. The molecule has 0 heterocycles. The zero-order valence-corrected chi connectivity index (χ0v) is 7.86. The van der Waals surface area contributed by atoms with Crippen LogP contribution in [0.5, 0.6) is 0 Å². The highest BCUT2D eigenvalue weighted by Gasteiger charge is 2.37. The van der Waals surface area contributed by atoms with Crippen LogP contribution in [0.15, 0.2) is 24.3 Å². The third kappa shape index (κ3) is 1.40. The van der Waals surface area contributed by atoms with Gasteiger partial charge in [-0.15, -0.1) is 0 Å². The Morgan fingerprint density at radius 2 is 2.00 bits per heavy atom. The molecule has 0 radical (unpaired) electrons. The number of benzene rings is 1. The molecule has 1 aromatic rings. The van der Waals surface area contributed by atoms with Crippen molar-refractivity contribution in [3.8, 4) is 0 Å². The van der Waals surface area contributed by atoms with Crippen molar-refractivity contribution in [2.75, 3.05) is 0 Å². The lowest BCUT2D eigenvalue weighted by atomic mass is 9.80. The van der Waals surface area contributed by atoms with Crippen LogP contribution in [0.3, 0.4) is 0 Å². The van der Waals surface area contributed by atoms with E-state index in [9.17, 15) is 9.90 Å². The minimum Gasteiger partial charge on any atom is -0.380 e. The summed E-state index contributed by atoms with van der Waals surface area (Å²) in [6.07, 6.45) is 1.49. The fourth-order valence-electron chi connectivity index (χ4n) is 1.93. The zero-order valence-electron chi connectivity index (χ0n) is 7.86. The molecule has 0 aliphatic heterocycles. The van der Waals surface area contributed by atoms with Gasteiger partial charge in [0.15, 0.2) is 0 Å². The van der Waals surface area contributed by atoms with Gasteiger partial charge in [-0.25, -0.2) is 0 Å².